The topological polar surface area (TPSA) is 128 Å². The van der Waals surface area contributed by atoms with Gasteiger partial charge in [-0.2, -0.15) is 4.98 Å². The third kappa shape index (κ3) is 5.51. The molecule has 1 saturated heterocycles. The van der Waals surface area contributed by atoms with Crippen molar-refractivity contribution in [3.8, 4) is 5.82 Å². The molecule has 2 atom stereocenters. The molecule has 2 unspecified atom stereocenters. The Morgan fingerprint density at radius 3 is 2.74 bits per heavy atom. The molecule has 3 aromatic rings. The van der Waals surface area contributed by atoms with Gasteiger partial charge in [0.2, 0.25) is 5.95 Å². The predicted molar refractivity (Wildman–Crippen MR) is 132 cm³/mol. The van der Waals surface area contributed by atoms with Crippen LogP contribution in [0.2, 0.25) is 0 Å². The van der Waals surface area contributed by atoms with Crippen LogP contribution in [-0.4, -0.2) is 79.2 Å². The predicted octanol–water partition coefficient (Wildman–Crippen LogP) is 2.05. The van der Waals surface area contributed by atoms with Gasteiger partial charge in [-0.15, -0.1) is 0 Å². The number of alkyl halides is 1. The fourth-order valence-electron chi connectivity index (χ4n) is 3.88. The van der Waals surface area contributed by atoms with Gasteiger partial charge in [-0.1, -0.05) is 0 Å². The Hall–Kier alpha value is -3.31. The average Bonchev–Trinajstić information content (AvgIpc) is 3.41. The highest BCUT2D eigenvalue weighted by molar-refractivity contribution is 5.99. The van der Waals surface area contributed by atoms with Gasteiger partial charge in [-0.3, -0.25) is 9.36 Å². The summed E-state index contributed by atoms with van der Waals surface area (Å²) in [4.78, 5) is 28.4. The Morgan fingerprint density at radius 1 is 1.31 bits per heavy atom. The molecule has 1 aliphatic rings. The van der Waals surface area contributed by atoms with E-state index in [4.69, 9.17) is 4.98 Å². The fraction of sp³-hybridized carbons (Fsp3) is 0.500. The minimum atomic E-state index is -1.61. The number of fused-ring (bicyclic) bond motifs is 1. The summed E-state index contributed by atoms with van der Waals surface area (Å²) in [5.41, 5.74) is -0.0946. The van der Waals surface area contributed by atoms with Crippen molar-refractivity contribution in [2.24, 2.45) is 0 Å². The molecule has 0 saturated carbocycles. The summed E-state index contributed by atoms with van der Waals surface area (Å²) >= 11 is 0. The van der Waals surface area contributed by atoms with E-state index >= 15 is 0 Å². The van der Waals surface area contributed by atoms with Gasteiger partial charge >= 0.3 is 0 Å². The standard InChI is InChI=1S/C24H32FN7O3/c1-14(2)29-18-9-20(26-11-17(18)22(34)27-12-19(25)24(3,4)35)32-8-5-15-10-28-23(30-21(15)32)31-7-6-16(33)13-31/h5,8-11,14,16,19,33,35H,6-7,12-13H2,1-4H3,(H,26,29)(H,27,34). The van der Waals surface area contributed by atoms with Crippen LogP contribution in [0, 0.1) is 0 Å². The second kappa shape index (κ2) is 9.74. The first-order valence-corrected chi connectivity index (χ1v) is 11.7. The number of aliphatic hydroxyl groups excluding tert-OH is 1. The highest BCUT2D eigenvalue weighted by Gasteiger charge is 2.27. The second-order valence-corrected chi connectivity index (χ2v) is 9.74. The number of hydrogen-bond donors (Lipinski definition) is 4. The molecular weight excluding hydrogens is 453 g/mol. The van der Waals surface area contributed by atoms with Gasteiger partial charge < -0.3 is 25.7 Å². The molecule has 35 heavy (non-hydrogen) atoms. The SMILES string of the molecule is CC(C)Nc1cc(-n2ccc3cnc(N4CCC(O)C4)nc32)ncc1C(=O)NCC(F)C(C)(C)O. The van der Waals surface area contributed by atoms with Crippen molar-refractivity contribution < 1.29 is 19.4 Å². The van der Waals surface area contributed by atoms with E-state index in [1.807, 2.05) is 35.6 Å². The highest BCUT2D eigenvalue weighted by Crippen LogP contribution is 2.25. The molecule has 1 aliphatic heterocycles. The van der Waals surface area contributed by atoms with E-state index in [0.29, 0.717) is 42.6 Å². The smallest absolute Gasteiger partial charge is 0.255 e. The number of halogens is 1. The number of anilines is 2. The van der Waals surface area contributed by atoms with Crippen LogP contribution in [0.25, 0.3) is 16.9 Å². The third-order valence-corrected chi connectivity index (χ3v) is 5.89. The van der Waals surface area contributed by atoms with Crippen molar-refractivity contribution in [2.75, 3.05) is 29.9 Å². The maximum atomic E-state index is 14.1. The molecule has 1 fully saturated rings. The van der Waals surface area contributed by atoms with Crippen molar-refractivity contribution in [3.63, 3.8) is 0 Å². The summed E-state index contributed by atoms with van der Waals surface area (Å²) in [6.45, 7) is 7.46. The summed E-state index contributed by atoms with van der Waals surface area (Å²) in [5, 5.41) is 26.3. The van der Waals surface area contributed by atoms with Crippen LogP contribution in [0.5, 0.6) is 0 Å². The highest BCUT2D eigenvalue weighted by atomic mass is 19.1. The van der Waals surface area contributed by atoms with Crippen LogP contribution in [0.3, 0.4) is 0 Å². The summed E-state index contributed by atoms with van der Waals surface area (Å²) in [7, 11) is 0. The fourth-order valence-corrected chi connectivity index (χ4v) is 3.88. The molecule has 0 radical (unpaired) electrons. The molecule has 4 N–H and O–H groups in total. The van der Waals surface area contributed by atoms with E-state index in [2.05, 4.69) is 20.6 Å². The third-order valence-electron chi connectivity index (χ3n) is 5.89. The number of rotatable bonds is 8. The molecule has 0 spiro atoms. The number of amides is 1. The minimum Gasteiger partial charge on any atom is -0.391 e. The summed E-state index contributed by atoms with van der Waals surface area (Å²) < 4.78 is 15.9. The van der Waals surface area contributed by atoms with Crippen molar-refractivity contribution in [1.29, 1.82) is 0 Å². The van der Waals surface area contributed by atoms with Gasteiger partial charge in [0.15, 0.2) is 5.65 Å². The van der Waals surface area contributed by atoms with Gasteiger partial charge in [0.1, 0.15) is 12.0 Å². The number of nitrogens with one attached hydrogen (secondary N) is 2. The molecule has 0 aliphatic carbocycles. The summed E-state index contributed by atoms with van der Waals surface area (Å²) in [6, 6.07) is 3.66. The van der Waals surface area contributed by atoms with Crippen LogP contribution < -0.4 is 15.5 Å². The monoisotopic (exact) mass is 485 g/mol. The van der Waals surface area contributed by atoms with Crippen molar-refractivity contribution in [2.45, 2.75) is 58.0 Å². The number of carbonyl (C=O) groups is 1. The lowest BCUT2D eigenvalue weighted by Gasteiger charge is -2.23. The summed E-state index contributed by atoms with van der Waals surface area (Å²) in [5.74, 6) is 0.595. The Bertz CT molecular complexity index is 1210. The molecule has 10 nitrogen and oxygen atoms in total. The minimum absolute atomic E-state index is 0.0269. The maximum Gasteiger partial charge on any atom is 0.255 e. The molecule has 1 amide bonds. The van der Waals surface area contributed by atoms with Gasteiger partial charge in [-0.05, 0) is 40.2 Å². The van der Waals surface area contributed by atoms with Crippen LogP contribution in [-0.2, 0) is 0 Å². The Kier molecular flexibility index (Phi) is 6.91. The number of aliphatic hydroxyl groups is 2. The molecular formula is C24H32FN7O3. The molecule has 0 aromatic carbocycles. The summed E-state index contributed by atoms with van der Waals surface area (Å²) in [6.07, 6.45) is 3.69. The number of pyridine rings is 1. The van der Waals surface area contributed by atoms with Crippen LogP contribution in [0.4, 0.5) is 16.0 Å². The number of carbonyl (C=O) groups excluding carboxylic acids is 1. The second-order valence-electron chi connectivity index (χ2n) is 9.74. The molecule has 188 valence electrons. The van der Waals surface area contributed by atoms with E-state index in [9.17, 15) is 19.4 Å². The first kappa shape index (κ1) is 24.8. The number of β-amino-alcohol motifs (C(OH)–C–C–N with tert-alkyl or cyclic N) is 1. The molecule has 0 bridgehead atoms. The van der Waals surface area contributed by atoms with Crippen LogP contribution in [0.15, 0.2) is 30.7 Å². The zero-order valence-corrected chi connectivity index (χ0v) is 20.4. The van der Waals surface area contributed by atoms with Gasteiger partial charge in [0, 0.05) is 49.2 Å². The van der Waals surface area contributed by atoms with Gasteiger partial charge in [0.05, 0.1) is 29.5 Å². The lowest BCUT2D eigenvalue weighted by Crippen LogP contribution is -2.42. The average molecular weight is 486 g/mol. The quantitative estimate of drug-likeness (QED) is 0.382. The maximum absolute atomic E-state index is 14.1. The lowest BCUT2D eigenvalue weighted by molar-refractivity contribution is -0.00177. The van der Waals surface area contributed by atoms with Crippen molar-refractivity contribution >= 4 is 28.6 Å². The molecule has 11 heteroatoms. The number of aromatic nitrogens is 4. The van der Waals surface area contributed by atoms with E-state index in [-0.39, 0.29) is 24.3 Å². The Balaban J connectivity index is 1.64. The van der Waals surface area contributed by atoms with E-state index in [1.54, 1.807) is 12.3 Å². The Labute approximate surface area is 203 Å². The molecule has 4 rings (SSSR count). The largest absolute Gasteiger partial charge is 0.391 e. The van der Waals surface area contributed by atoms with E-state index in [0.717, 1.165) is 5.39 Å². The van der Waals surface area contributed by atoms with Gasteiger partial charge in [-0.25, -0.2) is 14.4 Å². The molecule has 3 aromatic heterocycles. The number of nitrogens with zero attached hydrogens (tertiary/aromatic N) is 5. The van der Waals surface area contributed by atoms with Crippen LogP contribution >= 0.6 is 0 Å². The van der Waals surface area contributed by atoms with E-state index < -0.39 is 17.7 Å². The first-order valence-electron chi connectivity index (χ1n) is 11.7. The lowest BCUT2D eigenvalue weighted by atomic mass is 10.0. The normalized spacial score (nSPS) is 17.3. The Morgan fingerprint density at radius 2 is 2.09 bits per heavy atom. The number of hydrogen-bond acceptors (Lipinski definition) is 8. The van der Waals surface area contributed by atoms with Gasteiger partial charge in [0.25, 0.3) is 5.91 Å². The zero-order chi connectivity index (χ0) is 25.3. The van der Waals surface area contributed by atoms with Crippen LogP contribution in [0.1, 0.15) is 44.5 Å². The molecule has 4 heterocycles. The van der Waals surface area contributed by atoms with Crippen molar-refractivity contribution in [1.82, 2.24) is 24.8 Å². The van der Waals surface area contributed by atoms with E-state index in [1.165, 1.54) is 20.0 Å². The first-order chi connectivity index (χ1) is 16.5. The van der Waals surface area contributed by atoms with Crippen molar-refractivity contribution in [3.05, 3.63) is 36.3 Å². The zero-order valence-electron chi connectivity index (χ0n) is 20.4.